The molecule has 0 bridgehead atoms. The number of likely N-dealkylation sites (N-methyl/N-ethyl adjacent to an activating group) is 1. The number of alkyl halides is 3. The van der Waals surface area contributed by atoms with Gasteiger partial charge in [0, 0.05) is 7.05 Å². The third kappa shape index (κ3) is 3.76. The first-order valence-electron chi connectivity index (χ1n) is 6.49. The molecule has 0 spiro atoms. The summed E-state index contributed by atoms with van der Waals surface area (Å²) in [5.41, 5.74) is -1.28. The van der Waals surface area contributed by atoms with Crippen LogP contribution in [0.1, 0.15) is 11.3 Å². The van der Waals surface area contributed by atoms with Crippen LogP contribution in [0.2, 0.25) is 10.0 Å². The fraction of sp³-hybridized carbons (Fsp3) is 0.286. The summed E-state index contributed by atoms with van der Waals surface area (Å²) < 4.78 is 47.3. The third-order valence-electron chi connectivity index (χ3n) is 3.12. The highest BCUT2D eigenvalue weighted by Gasteiger charge is 2.38. The third-order valence-corrected chi connectivity index (χ3v) is 3.73. The van der Waals surface area contributed by atoms with E-state index in [1.807, 2.05) is 0 Å². The Morgan fingerprint density at radius 2 is 1.92 bits per heavy atom. The number of hydrogen-bond donors (Lipinski definition) is 0. The lowest BCUT2D eigenvalue weighted by atomic mass is 10.2. The maximum absolute atomic E-state index is 12.6. The molecule has 0 atom stereocenters. The molecule has 10 heteroatoms. The van der Waals surface area contributed by atoms with Gasteiger partial charge in [-0.15, -0.1) is 0 Å². The van der Waals surface area contributed by atoms with E-state index < -0.39 is 30.3 Å². The molecule has 0 aliphatic heterocycles. The molecule has 1 heterocycles. The number of ether oxygens (including phenoxy) is 1. The van der Waals surface area contributed by atoms with E-state index in [1.165, 1.54) is 7.05 Å². The molecule has 5 nitrogen and oxygen atoms in total. The lowest BCUT2D eigenvalue weighted by Crippen LogP contribution is -2.31. The number of amides is 1. The minimum absolute atomic E-state index is 0.244. The largest absolute Gasteiger partial charge is 0.453 e. The van der Waals surface area contributed by atoms with Crippen LogP contribution in [0.3, 0.4) is 0 Å². The van der Waals surface area contributed by atoms with Gasteiger partial charge in [0.15, 0.2) is 12.3 Å². The average Bonchev–Trinajstić information content (AvgIpc) is 2.85. The van der Waals surface area contributed by atoms with E-state index in [1.54, 1.807) is 18.2 Å². The molecule has 0 aliphatic rings. The number of aromatic nitrogens is 1. The summed E-state index contributed by atoms with van der Waals surface area (Å²) in [5, 5.41) is 3.39. The minimum Gasteiger partial charge on any atom is -0.453 e. The van der Waals surface area contributed by atoms with Crippen molar-refractivity contribution in [3.8, 4) is 5.95 Å². The van der Waals surface area contributed by atoms with Crippen LogP contribution < -0.4 is 9.64 Å². The lowest BCUT2D eigenvalue weighted by Gasteiger charge is -2.19. The number of carbonyl (C=O) groups is 1. The molecular formula is C14H11Cl2F3N2O3. The van der Waals surface area contributed by atoms with Crippen molar-refractivity contribution in [1.82, 2.24) is 5.16 Å². The van der Waals surface area contributed by atoms with Crippen molar-refractivity contribution in [2.75, 3.05) is 18.6 Å². The molecule has 0 fully saturated rings. The quantitative estimate of drug-likeness (QED) is 0.788. The summed E-state index contributed by atoms with van der Waals surface area (Å²) in [6, 6.07) is 4.70. The first-order valence-corrected chi connectivity index (χ1v) is 7.25. The van der Waals surface area contributed by atoms with Gasteiger partial charge in [-0.05, 0) is 19.1 Å². The fourth-order valence-electron chi connectivity index (χ4n) is 1.88. The number of benzene rings is 1. The smallest absolute Gasteiger partial charge is 0.437 e. The van der Waals surface area contributed by atoms with Gasteiger partial charge in [-0.2, -0.15) is 13.2 Å². The van der Waals surface area contributed by atoms with Gasteiger partial charge < -0.3 is 14.2 Å². The maximum atomic E-state index is 12.6. The molecule has 1 aromatic heterocycles. The second-order valence-electron chi connectivity index (χ2n) is 4.75. The topological polar surface area (TPSA) is 55.6 Å². The lowest BCUT2D eigenvalue weighted by molar-refractivity contribution is -0.143. The van der Waals surface area contributed by atoms with E-state index in [-0.39, 0.29) is 21.3 Å². The maximum Gasteiger partial charge on any atom is 0.437 e. The van der Waals surface area contributed by atoms with Crippen molar-refractivity contribution in [3.05, 3.63) is 39.5 Å². The van der Waals surface area contributed by atoms with Crippen LogP contribution in [0.25, 0.3) is 0 Å². The Morgan fingerprint density at radius 1 is 1.33 bits per heavy atom. The second kappa shape index (κ2) is 6.90. The summed E-state index contributed by atoms with van der Waals surface area (Å²) in [4.78, 5) is 13.3. The predicted molar refractivity (Wildman–Crippen MR) is 81.6 cm³/mol. The molecule has 2 rings (SSSR count). The van der Waals surface area contributed by atoms with Crippen molar-refractivity contribution in [2.45, 2.75) is 13.1 Å². The highest BCUT2D eigenvalue weighted by atomic mass is 35.5. The monoisotopic (exact) mass is 382 g/mol. The van der Waals surface area contributed by atoms with Crippen LogP contribution in [-0.4, -0.2) is 24.7 Å². The number of carbonyl (C=O) groups excluding carboxylic acids is 1. The van der Waals surface area contributed by atoms with Crippen LogP contribution in [0.15, 0.2) is 22.7 Å². The standard InChI is InChI=1S/C14H11Cl2F3N2O3/c1-7-12(14(17,18)19)20-24-13(7)23-6-10(22)21(2)11-8(15)4-3-5-9(11)16/h3-5H,6H2,1-2H3. The Labute approximate surface area is 144 Å². The number of rotatable bonds is 4. The van der Waals surface area contributed by atoms with E-state index in [0.29, 0.717) is 0 Å². The van der Waals surface area contributed by atoms with Gasteiger partial charge in [-0.1, -0.05) is 34.4 Å². The molecule has 0 radical (unpaired) electrons. The normalized spacial score (nSPS) is 11.5. The van der Waals surface area contributed by atoms with Crippen molar-refractivity contribution in [3.63, 3.8) is 0 Å². The zero-order chi connectivity index (χ0) is 18.1. The van der Waals surface area contributed by atoms with Crippen molar-refractivity contribution in [1.29, 1.82) is 0 Å². The van der Waals surface area contributed by atoms with E-state index in [0.717, 1.165) is 11.8 Å². The summed E-state index contributed by atoms with van der Waals surface area (Å²) in [7, 11) is 1.41. The number of anilines is 1. The second-order valence-corrected chi connectivity index (χ2v) is 5.57. The van der Waals surface area contributed by atoms with Gasteiger partial charge in [-0.3, -0.25) is 4.79 Å². The van der Waals surface area contributed by atoms with Crippen LogP contribution >= 0.6 is 23.2 Å². The molecule has 2 aromatic rings. The van der Waals surface area contributed by atoms with Gasteiger partial charge in [0.1, 0.15) is 0 Å². The Bertz CT molecular complexity index is 742. The van der Waals surface area contributed by atoms with E-state index in [4.69, 9.17) is 27.9 Å². The number of para-hydroxylation sites is 1. The van der Waals surface area contributed by atoms with Gasteiger partial charge in [0.25, 0.3) is 5.91 Å². The Kier molecular flexibility index (Phi) is 5.29. The van der Waals surface area contributed by atoms with Crippen molar-refractivity contribution in [2.24, 2.45) is 0 Å². The predicted octanol–water partition coefficient (Wildman–Crippen LogP) is 4.35. The Morgan fingerprint density at radius 3 is 2.42 bits per heavy atom. The number of nitrogens with zero attached hydrogens (tertiary/aromatic N) is 2. The van der Waals surface area contributed by atoms with Crippen LogP contribution in [0.4, 0.5) is 18.9 Å². The summed E-state index contributed by atoms with van der Waals surface area (Å²) >= 11 is 12.0. The summed E-state index contributed by atoms with van der Waals surface area (Å²) in [6.07, 6.45) is -4.67. The highest BCUT2D eigenvalue weighted by molar-refractivity contribution is 6.39. The zero-order valence-electron chi connectivity index (χ0n) is 12.4. The fourth-order valence-corrected chi connectivity index (χ4v) is 2.53. The molecule has 0 saturated heterocycles. The van der Waals surface area contributed by atoms with E-state index in [2.05, 4.69) is 9.68 Å². The van der Waals surface area contributed by atoms with Gasteiger partial charge in [0.2, 0.25) is 0 Å². The molecule has 1 amide bonds. The van der Waals surface area contributed by atoms with E-state index in [9.17, 15) is 18.0 Å². The average molecular weight is 383 g/mol. The van der Waals surface area contributed by atoms with Gasteiger partial charge in [-0.25, -0.2) is 0 Å². The molecule has 0 N–H and O–H groups in total. The van der Waals surface area contributed by atoms with Crippen LogP contribution in [0, 0.1) is 6.92 Å². The highest BCUT2D eigenvalue weighted by Crippen LogP contribution is 2.35. The van der Waals surface area contributed by atoms with Crippen LogP contribution in [-0.2, 0) is 11.0 Å². The molecule has 0 aliphatic carbocycles. The minimum atomic E-state index is -4.67. The first-order chi connectivity index (χ1) is 11.1. The molecule has 130 valence electrons. The molecular weight excluding hydrogens is 372 g/mol. The summed E-state index contributed by atoms with van der Waals surface area (Å²) in [5.74, 6) is -1.07. The molecule has 1 aromatic carbocycles. The summed E-state index contributed by atoms with van der Waals surface area (Å²) in [6.45, 7) is 0.555. The van der Waals surface area contributed by atoms with Gasteiger partial charge in [0.05, 0.1) is 21.3 Å². The molecule has 0 saturated carbocycles. The molecule has 0 unspecified atom stereocenters. The Balaban J connectivity index is 2.10. The Hall–Kier alpha value is -1.93. The number of halogens is 5. The van der Waals surface area contributed by atoms with Crippen LogP contribution in [0.5, 0.6) is 5.95 Å². The molecule has 24 heavy (non-hydrogen) atoms. The van der Waals surface area contributed by atoms with Crippen molar-refractivity contribution >= 4 is 34.8 Å². The number of hydrogen-bond acceptors (Lipinski definition) is 4. The van der Waals surface area contributed by atoms with Crippen molar-refractivity contribution < 1.29 is 27.2 Å². The van der Waals surface area contributed by atoms with E-state index >= 15 is 0 Å². The zero-order valence-corrected chi connectivity index (χ0v) is 14.0. The first kappa shape index (κ1) is 18.4. The SMILES string of the molecule is Cc1c(C(F)(F)F)noc1OCC(=O)N(C)c1c(Cl)cccc1Cl. The van der Waals surface area contributed by atoms with Gasteiger partial charge >= 0.3 is 12.1 Å².